The average molecular weight is 294 g/mol. The Balaban J connectivity index is 2.22. The van der Waals surface area contributed by atoms with Crippen LogP contribution in [-0.2, 0) is 9.53 Å². The van der Waals surface area contributed by atoms with Crippen molar-refractivity contribution in [1.82, 2.24) is 4.90 Å². The highest BCUT2D eigenvalue weighted by Crippen LogP contribution is 2.33. The highest BCUT2D eigenvalue weighted by atomic mass is 19.1. The Bertz CT molecular complexity index is 506. The molecule has 2 N–H and O–H groups in total. The molecule has 0 saturated carbocycles. The summed E-state index contributed by atoms with van der Waals surface area (Å²) in [6, 6.07) is 5.83. The summed E-state index contributed by atoms with van der Waals surface area (Å²) >= 11 is 0. The van der Waals surface area contributed by atoms with Gasteiger partial charge >= 0.3 is 0 Å². The second kappa shape index (κ2) is 6.12. The van der Waals surface area contributed by atoms with Gasteiger partial charge in [-0.25, -0.2) is 4.39 Å². The fourth-order valence-corrected chi connectivity index (χ4v) is 2.75. The predicted octanol–water partition coefficient (Wildman–Crippen LogP) is 2.10. The van der Waals surface area contributed by atoms with Crippen molar-refractivity contribution in [2.24, 2.45) is 11.1 Å². The lowest BCUT2D eigenvalue weighted by Gasteiger charge is -2.36. The topological polar surface area (TPSA) is 55.6 Å². The predicted molar refractivity (Wildman–Crippen MR) is 79.1 cm³/mol. The van der Waals surface area contributed by atoms with E-state index >= 15 is 0 Å². The van der Waals surface area contributed by atoms with Crippen LogP contribution in [0.2, 0.25) is 0 Å². The molecule has 1 saturated heterocycles. The maximum absolute atomic E-state index is 13.0. The molecule has 0 aliphatic carbocycles. The third-order valence-corrected chi connectivity index (χ3v) is 4.43. The molecule has 3 unspecified atom stereocenters. The maximum Gasteiger partial charge on any atom is 0.233 e. The highest BCUT2D eigenvalue weighted by Gasteiger charge is 2.47. The molecule has 0 aromatic heterocycles. The summed E-state index contributed by atoms with van der Waals surface area (Å²) in [4.78, 5) is 14.7. The van der Waals surface area contributed by atoms with Crippen LogP contribution in [0.15, 0.2) is 24.3 Å². The molecule has 1 amide bonds. The van der Waals surface area contributed by atoms with Crippen LogP contribution in [0.25, 0.3) is 0 Å². The van der Waals surface area contributed by atoms with Gasteiger partial charge < -0.3 is 15.4 Å². The molecule has 1 aliphatic rings. The van der Waals surface area contributed by atoms with Crippen LogP contribution in [0, 0.1) is 11.2 Å². The highest BCUT2D eigenvalue weighted by molar-refractivity contribution is 5.84. The lowest BCUT2D eigenvalue weighted by molar-refractivity contribution is -0.143. The first-order chi connectivity index (χ1) is 9.90. The molecule has 1 heterocycles. The van der Waals surface area contributed by atoms with Crippen molar-refractivity contribution >= 4 is 5.91 Å². The second-order valence-electron chi connectivity index (χ2n) is 5.86. The first-order valence-corrected chi connectivity index (χ1v) is 7.30. The summed E-state index contributed by atoms with van der Waals surface area (Å²) in [5.41, 5.74) is 6.26. The number of nitrogens with two attached hydrogens (primary N) is 1. The van der Waals surface area contributed by atoms with E-state index in [4.69, 9.17) is 10.5 Å². The first kappa shape index (κ1) is 15.9. The molecule has 0 spiro atoms. The van der Waals surface area contributed by atoms with Crippen LogP contribution in [0.5, 0.6) is 0 Å². The quantitative estimate of drug-likeness (QED) is 0.925. The van der Waals surface area contributed by atoms with Crippen LogP contribution >= 0.6 is 0 Å². The van der Waals surface area contributed by atoms with Crippen LogP contribution < -0.4 is 5.73 Å². The van der Waals surface area contributed by atoms with Crippen LogP contribution in [0.1, 0.15) is 32.4 Å². The Morgan fingerprint density at radius 3 is 2.62 bits per heavy atom. The summed E-state index contributed by atoms with van der Waals surface area (Å²) in [5, 5.41) is 0. The molecule has 1 fully saturated rings. The van der Waals surface area contributed by atoms with Crippen molar-refractivity contribution in [3.63, 3.8) is 0 Å². The van der Waals surface area contributed by atoms with Gasteiger partial charge in [0.25, 0.3) is 0 Å². The fourth-order valence-electron chi connectivity index (χ4n) is 2.75. The zero-order valence-electron chi connectivity index (χ0n) is 12.8. The number of ether oxygens (including phenoxy) is 1. The summed E-state index contributed by atoms with van der Waals surface area (Å²) in [6.07, 6.45) is 0. The minimum atomic E-state index is -0.690. The molecule has 1 aliphatic heterocycles. The van der Waals surface area contributed by atoms with Gasteiger partial charge in [0, 0.05) is 12.6 Å². The third-order valence-electron chi connectivity index (χ3n) is 4.43. The van der Waals surface area contributed by atoms with E-state index in [2.05, 4.69) is 0 Å². The number of carbonyl (C=O) groups excluding carboxylic acids is 1. The fraction of sp³-hybridized carbons (Fsp3) is 0.562. The van der Waals surface area contributed by atoms with E-state index in [0.29, 0.717) is 19.8 Å². The normalized spacial score (nSPS) is 26.6. The van der Waals surface area contributed by atoms with Crippen molar-refractivity contribution in [2.75, 3.05) is 19.8 Å². The van der Waals surface area contributed by atoms with E-state index in [-0.39, 0.29) is 23.8 Å². The Hall–Kier alpha value is -1.46. The van der Waals surface area contributed by atoms with Crippen molar-refractivity contribution in [3.05, 3.63) is 35.6 Å². The monoisotopic (exact) mass is 294 g/mol. The summed E-state index contributed by atoms with van der Waals surface area (Å²) in [5.74, 6) is -0.287. The van der Waals surface area contributed by atoms with Crippen molar-refractivity contribution < 1.29 is 13.9 Å². The van der Waals surface area contributed by atoms with E-state index in [1.165, 1.54) is 12.1 Å². The van der Waals surface area contributed by atoms with Gasteiger partial charge in [0.1, 0.15) is 5.82 Å². The van der Waals surface area contributed by atoms with E-state index in [9.17, 15) is 9.18 Å². The van der Waals surface area contributed by atoms with E-state index in [1.54, 1.807) is 17.0 Å². The lowest BCUT2D eigenvalue weighted by Crippen LogP contribution is -2.52. The molecule has 1 aromatic rings. The summed E-state index contributed by atoms with van der Waals surface area (Å²) in [7, 11) is 0. The summed E-state index contributed by atoms with van der Waals surface area (Å²) in [6.45, 7) is 7.05. The zero-order chi connectivity index (χ0) is 15.6. The smallest absolute Gasteiger partial charge is 0.233 e. The lowest BCUT2D eigenvalue weighted by atomic mass is 9.83. The van der Waals surface area contributed by atoms with Gasteiger partial charge in [-0.2, -0.15) is 0 Å². The van der Waals surface area contributed by atoms with Gasteiger partial charge in [0.2, 0.25) is 5.91 Å². The van der Waals surface area contributed by atoms with Gasteiger partial charge in [-0.1, -0.05) is 12.1 Å². The van der Waals surface area contributed by atoms with Crippen molar-refractivity contribution in [2.45, 2.75) is 32.9 Å². The van der Waals surface area contributed by atoms with Gasteiger partial charge in [0.15, 0.2) is 0 Å². The molecule has 1 aromatic carbocycles. The van der Waals surface area contributed by atoms with Crippen LogP contribution in [-0.4, -0.2) is 36.6 Å². The van der Waals surface area contributed by atoms with Crippen LogP contribution in [0.3, 0.4) is 0 Å². The van der Waals surface area contributed by atoms with Crippen molar-refractivity contribution in [3.8, 4) is 0 Å². The molecule has 116 valence electrons. The van der Waals surface area contributed by atoms with Gasteiger partial charge in [-0.05, 0) is 38.5 Å². The number of carbonyl (C=O) groups is 1. The van der Waals surface area contributed by atoms with Crippen LogP contribution in [0.4, 0.5) is 4.39 Å². The van der Waals surface area contributed by atoms with Gasteiger partial charge in [-0.15, -0.1) is 0 Å². The van der Waals surface area contributed by atoms with Gasteiger partial charge in [-0.3, -0.25) is 4.79 Å². The Kier molecular flexibility index (Phi) is 4.64. The Morgan fingerprint density at radius 2 is 2.14 bits per heavy atom. The Labute approximate surface area is 125 Å². The summed E-state index contributed by atoms with van der Waals surface area (Å²) < 4.78 is 18.4. The van der Waals surface area contributed by atoms with E-state index < -0.39 is 5.41 Å². The maximum atomic E-state index is 13.0. The number of amides is 1. The SMILES string of the molecule is CCN(C(=O)C1(C)COCC1N)C(C)c1ccc(F)cc1. The molecule has 3 atom stereocenters. The minimum absolute atomic E-state index is 0.00757. The second-order valence-corrected chi connectivity index (χ2v) is 5.86. The standard InChI is InChI=1S/C16H23FN2O2/c1-4-19(11(2)12-5-7-13(17)8-6-12)15(20)16(3)10-21-9-14(16)18/h5-8,11,14H,4,9-10,18H2,1-3H3. The minimum Gasteiger partial charge on any atom is -0.379 e. The first-order valence-electron chi connectivity index (χ1n) is 7.30. The zero-order valence-corrected chi connectivity index (χ0v) is 12.8. The number of rotatable bonds is 4. The number of nitrogens with zero attached hydrogens (tertiary/aromatic N) is 1. The van der Waals surface area contributed by atoms with E-state index in [1.807, 2.05) is 20.8 Å². The molecule has 21 heavy (non-hydrogen) atoms. The molecular formula is C16H23FN2O2. The molecule has 5 heteroatoms. The number of hydrogen-bond acceptors (Lipinski definition) is 3. The van der Waals surface area contributed by atoms with E-state index in [0.717, 1.165) is 5.56 Å². The third kappa shape index (κ3) is 2.94. The largest absolute Gasteiger partial charge is 0.379 e. The number of benzene rings is 1. The molecule has 4 nitrogen and oxygen atoms in total. The molecule has 0 bridgehead atoms. The average Bonchev–Trinajstić information content (AvgIpc) is 2.81. The molecule has 0 radical (unpaired) electrons. The molecular weight excluding hydrogens is 271 g/mol. The Morgan fingerprint density at radius 1 is 1.52 bits per heavy atom. The van der Waals surface area contributed by atoms with Crippen molar-refractivity contribution in [1.29, 1.82) is 0 Å². The van der Waals surface area contributed by atoms with Gasteiger partial charge in [0.05, 0.1) is 24.7 Å². The molecule has 2 rings (SSSR count). The number of hydrogen-bond donors (Lipinski definition) is 1. The number of halogens is 1.